The number of aliphatic carboxylic acids is 1. The lowest BCUT2D eigenvalue weighted by Gasteiger charge is -2.17. The molecule has 7 nitrogen and oxygen atoms in total. The van der Waals surface area contributed by atoms with Crippen molar-refractivity contribution in [2.45, 2.75) is 52.5 Å². The van der Waals surface area contributed by atoms with Crippen molar-refractivity contribution in [3.63, 3.8) is 0 Å². The molecule has 0 amide bonds. The Morgan fingerprint density at radius 2 is 1.75 bits per heavy atom. The highest BCUT2D eigenvalue weighted by atomic mass is 16.5. The zero-order valence-corrected chi connectivity index (χ0v) is 23.2. The molecule has 0 spiro atoms. The molecule has 1 unspecified atom stereocenters. The number of benzene rings is 2. The average Bonchev–Trinajstić information content (AvgIpc) is 3.30. The first-order chi connectivity index (χ1) is 19.3. The standard InChI is InChI=1S/C33H36N2O5/c1-4-40-30(36)13-8-11-27-21-28(29-12-5-6-18-35(27)29)32(37)25-9-7-10-26(20-25)34-31(33(38)39)24-16-14-23(15-17-24)19-22(2)3/h5-7,9-10,12,14-18,20-22,31,34H,4,8,11,13,19H2,1-3H3,(H,38,39). The number of aryl methyl sites for hydroxylation is 1. The quantitative estimate of drug-likeness (QED) is 0.149. The zero-order chi connectivity index (χ0) is 28.6. The summed E-state index contributed by atoms with van der Waals surface area (Å²) >= 11 is 0. The van der Waals surface area contributed by atoms with Crippen LogP contribution < -0.4 is 5.32 Å². The van der Waals surface area contributed by atoms with Gasteiger partial charge in [-0.15, -0.1) is 0 Å². The summed E-state index contributed by atoms with van der Waals surface area (Å²) < 4.78 is 7.00. The summed E-state index contributed by atoms with van der Waals surface area (Å²) in [6.45, 7) is 6.44. The summed E-state index contributed by atoms with van der Waals surface area (Å²) in [5.74, 6) is -0.874. The summed E-state index contributed by atoms with van der Waals surface area (Å²) in [4.78, 5) is 37.6. The maximum absolute atomic E-state index is 13.7. The van der Waals surface area contributed by atoms with E-state index in [1.54, 1.807) is 31.2 Å². The van der Waals surface area contributed by atoms with Crippen molar-refractivity contribution in [2.75, 3.05) is 11.9 Å². The topological polar surface area (TPSA) is 97.1 Å². The van der Waals surface area contributed by atoms with E-state index in [2.05, 4.69) is 19.2 Å². The molecule has 4 rings (SSSR count). The molecule has 0 fully saturated rings. The van der Waals surface area contributed by atoms with E-state index < -0.39 is 12.0 Å². The summed E-state index contributed by atoms with van der Waals surface area (Å²) in [6, 6.07) is 21.2. The summed E-state index contributed by atoms with van der Waals surface area (Å²) in [7, 11) is 0. The van der Waals surface area contributed by atoms with Gasteiger partial charge in [0.25, 0.3) is 0 Å². The molecule has 1 atom stereocenters. The molecule has 0 aliphatic carbocycles. The summed E-state index contributed by atoms with van der Waals surface area (Å²) in [5, 5.41) is 13.0. The molecule has 2 aromatic heterocycles. The number of hydrogen-bond donors (Lipinski definition) is 2. The molecule has 4 aromatic rings. The third-order valence-corrected chi connectivity index (χ3v) is 6.76. The lowest BCUT2D eigenvalue weighted by atomic mass is 9.99. The monoisotopic (exact) mass is 540 g/mol. The number of hydrogen-bond acceptors (Lipinski definition) is 5. The number of esters is 1. The van der Waals surface area contributed by atoms with Crippen molar-refractivity contribution < 1.29 is 24.2 Å². The Labute approximate surface area is 234 Å². The number of nitrogens with zero attached hydrogens (tertiary/aromatic N) is 1. The van der Waals surface area contributed by atoms with Crippen molar-refractivity contribution in [1.82, 2.24) is 4.40 Å². The van der Waals surface area contributed by atoms with Gasteiger partial charge >= 0.3 is 11.9 Å². The molecule has 7 heteroatoms. The number of ketones is 1. The van der Waals surface area contributed by atoms with E-state index in [1.165, 1.54) is 0 Å². The number of carboxylic acids is 1. The number of anilines is 1. The minimum absolute atomic E-state index is 0.158. The van der Waals surface area contributed by atoms with Crippen LogP contribution in [0.3, 0.4) is 0 Å². The second-order valence-corrected chi connectivity index (χ2v) is 10.3. The van der Waals surface area contributed by atoms with Crippen LogP contribution in [0.15, 0.2) is 79.0 Å². The molecule has 0 saturated carbocycles. The highest BCUT2D eigenvalue weighted by molar-refractivity contribution is 6.13. The van der Waals surface area contributed by atoms with Crippen LogP contribution in [0.2, 0.25) is 0 Å². The predicted molar refractivity (Wildman–Crippen MR) is 156 cm³/mol. The van der Waals surface area contributed by atoms with Gasteiger partial charge in [-0.2, -0.15) is 0 Å². The van der Waals surface area contributed by atoms with Crippen molar-refractivity contribution in [2.24, 2.45) is 5.92 Å². The molecular weight excluding hydrogens is 504 g/mol. The van der Waals surface area contributed by atoms with E-state index >= 15 is 0 Å². The molecule has 0 aliphatic heterocycles. The number of nitrogens with one attached hydrogen (secondary N) is 1. The fraction of sp³-hybridized carbons (Fsp3) is 0.303. The highest BCUT2D eigenvalue weighted by Crippen LogP contribution is 2.26. The summed E-state index contributed by atoms with van der Waals surface area (Å²) in [5.41, 5.74) is 5.07. The SMILES string of the molecule is CCOC(=O)CCCc1cc(C(=O)c2cccc(NC(C(=O)O)c3ccc(CC(C)C)cc3)c2)c2ccccn12. The van der Waals surface area contributed by atoms with Crippen LogP contribution >= 0.6 is 0 Å². The number of pyridine rings is 1. The van der Waals surface area contributed by atoms with Gasteiger partial charge in [0, 0.05) is 35.1 Å². The maximum atomic E-state index is 13.7. The first-order valence-electron chi connectivity index (χ1n) is 13.7. The van der Waals surface area contributed by atoms with Gasteiger partial charge in [0.1, 0.15) is 0 Å². The molecule has 0 radical (unpaired) electrons. The van der Waals surface area contributed by atoms with Gasteiger partial charge in [-0.1, -0.05) is 56.3 Å². The lowest BCUT2D eigenvalue weighted by Crippen LogP contribution is -2.20. The predicted octanol–water partition coefficient (Wildman–Crippen LogP) is 6.49. The van der Waals surface area contributed by atoms with Gasteiger partial charge in [-0.25, -0.2) is 4.79 Å². The third-order valence-electron chi connectivity index (χ3n) is 6.76. The molecular formula is C33H36N2O5. The average molecular weight is 541 g/mol. The number of fused-ring (bicyclic) bond motifs is 1. The fourth-order valence-electron chi connectivity index (χ4n) is 4.92. The van der Waals surface area contributed by atoms with Crippen LogP contribution in [-0.4, -0.2) is 33.8 Å². The smallest absolute Gasteiger partial charge is 0.330 e. The first-order valence-corrected chi connectivity index (χ1v) is 13.7. The van der Waals surface area contributed by atoms with Crippen LogP contribution in [0.4, 0.5) is 5.69 Å². The van der Waals surface area contributed by atoms with E-state index in [1.807, 2.05) is 59.1 Å². The minimum Gasteiger partial charge on any atom is -0.479 e. The van der Waals surface area contributed by atoms with E-state index in [0.717, 1.165) is 23.2 Å². The molecule has 40 heavy (non-hydrogen) atoms. The van der Waals surface area contributed by atoms with Crippen LogP contribution in [-0.2, 0) is 27.2 Å². The van der Waals surface area contributed by atoms with Crippen LogP contribution in [0.5, 0.6) is 0 Å². The largest absolute Gasteiger partial charge is 0.479 e. The first kappa shape index (κ1) is 28.6. The lowest BCUT2D eigenvalue weighted by molar-refractivity contribution is -0.143. The third kappa shape index (κ3) is 6.97. The number of carboxylic acid groups (broad SMARTS) is 1. The molecule has 208 valence electrons. The Morgan fingerprint density at radius 3 is 2.45 bits per heavy atom. The Bertz CT molecular complexity index is 1490. The molecule has 2 N–H and O–H groups in total. The molecule has 0 aliphatic rings. The van der Waals surface area contributed by atoms with Crippen LogP contribution in [0.1, 0.15) is 72.4 Å². The number of carbonyl (C=O) groups is 3. The van der Waals surface area contributed by atoms with Crippen molar-refractivity contribution >= 4 is 28.9 Å². The van der Waals surface area contributed by atoms with Gasteiger partial charge in [0.15, 0.2) is 11.8 Å². The van der Waals surface area contributed by atoms with Crippen LogP contribution in [0, 0.1) is 5.92 Å². The number of carbonyl (C=O) groups excluding carboxylic acids is 2. The number of ether oxygens (including phenoxy) is 1. The van der Waals surface area contributed by atoms with E-state index in [4.69, 9.17) is 4.74 Å². The second kappa shape index (κ2) is 13.1. The molecule has 0 bridgehead atoms. The number of rotatable bonds is 13. The highest BCUT2D eigenvalue weighted by Gasteiger charge is 2.21. The van der Waals surface area contributed by atoms with Gasteiger partial charge in [0.05, 0.1) is 12.1 Å². The van der Waals surface area contributed by atoms with Gasteiger partial charge in [-0.3, -0.25) is 9.59 Å². The Balaban J connectivity index is 1.55. The maximum Gasteiger partial charge on any atom is 0.330 e. The van der Waals surface area contributed by atoms with E-state index in [9.17, 15) is 19.5 Å². The number of aromatic nitrogens is 1. The van der Waals surface area contributed by atoms with Crippen molar-refractivity contribution in [3.05, 3.63) is 107 Å². The minimum atomic E-state index is -1.00. The van der Waals surface area contributed by atoms with Crippen LogP contribution in [0.25, 0.3) is 5.52 Å². The van der Waals surface area contributed by atoms with Gasteiger partial charge in [-0.05, 0) is 73.6 Å². The zero-order valence-electron chi connectivity index (χ0n) is 23.2. The Hall–Kier alpha value is -4.39. The molecule has 0 saturated heterocycles. The van der Waals surface area contributed by atoms with Gasteiger partial charge < -0.3 is 19.6 Å². The van der Waals surface area contributed by atoms with Crippen molar-refractivity contribution in [3.8, 4) is 0 Å². The van der Waals surface area contributed by atoms with E-state index in [-0.39, 0.29) is 11.8 Å². The van der Waals surface area contributed by atoms with Crippen molar-refractivity contribution in [1.29, 1.82) is 0 Å². The molecule has 2 heterocycles. The Morgan fingerprint density at radius 1 is 0.975 bits per heavy atom. The van der Waals surface area contributed by atoms with E-state index in [0.29, 0.717) is 54.2 Å². The summed E-state index contributed by atoms with van der Waals surface area (Å²) in [6.07, 6.45) is 4.39. The molecule has 2 aromatic carbocycles. The Kier molecular flexibility index (Phi) is 9.38. The second-order valence-electron chi connectivity index (χ2n) is 10.3. The normalized spacial score (nSPS) is 11.9. The van der Waals surface area contributed by atoms with Gasteiger partial charge in [0.2, 0.25) is 0 Å². The fourth-order valence-corrected chi connectivity index (χ4v) is 4.92.